The van der Waals surface area contributed by atoms with E-state index >= 15 is 0 Å². The minimum absolute atomic E-state index is 0.104. The number of amides is 1. The molecule has 2 aliphatic heterocycles. The van der Waals surface area contributed by atoms with Crippen molar-refractivity contribution in [1.29, 1.82) is 0 Å². The second-order valence-corrected chi connectivity index (χ2v) is 5.98. The second kappa shape index (κ2) is 5.09. The highest BCUT2D eigenvalue weighted by Crippen LogP contribution is 2.34. The lowest BCUT2D eigenvalue weighted by molar-refractivity contribution is 0.0725. The van der Waals surface area contributed by atoms with Gasteiger partial charge in [-0.1, -0.05) is 11.6 Å². The largest absolute Gasteiger partial charge is 0.496 e. The number of fused-ring (bicyclic) bond motifs is 1. The number of benzene rings is 1. The van der Waals surface area contributed by atoms with Gasteiger partial charge in [0.25, 0.3) is 5.91 Å². The summed E-state index contributed by atoms with van der Waals surface area (Å²) in [6.45, 7) is 7.08. The van der Waals surface area contributed by atoms with E-state index < -0.39 is 0 Å². The molecule has 20 heavy (non-hydrogen) atoms. The van der Waals surface area contributed by atoms with Crippen molar-refractivity contribution >= 4 is 5.91 Å². The smallest absolute Gasteiger partial charge is 0.257 e. The van der Waals surface area contributed by atoms with Gasteiger partial charge in [0.1, 0.15) is 5.75 Å². The van der Waals surface area contributed by atoms with Gasteiger partial charge in [0.15, 0.2) is 0 Å². The molecule has 0 saturated carbocycles. The first-order chi connectivity index (χ1) is 9.61. The van der Waals surface area contributed by atoms with Crippen LogP contribution in [0.25, 0.3) is 0 Å². The molecule has 3 rings (SSSR count). The van der Waals surface area contributed by atoms with E-state index in [-0.39, 0.29) is 5.91 Å². The van der Waals surface area contributed by atoms with E-state index in [0.717, 1.165) is 25.2 Å². The fourth-order valence-electron chi connectivity index (χ4n) is 3.58. The molecule has 0 aromatic heterocycles. The first kappa shape index (κ1) is 13.4. The minimum atomic E-state index is 0.104. The summed E-state index contributed by atoms with van der Waals surface area (Å²) in [5, 5.41) is 3.42. The average molecular weight is 274 g/mol. The zero-order valence-electron chi connectivity index (χ0n) is 12.3. The average Bonchev–Trinajstić information content (AvgIpc) is 3.01. The number of carbonyl (C=O) groups is 1. The van der Waals surface area contributed by atoms with Gasteiger partial charge in [-0.3, -0.25) is 4.79 Å². The molecular weight excluding hydrogens is 252 g/mol. The van der Waals surface area contributed by atoms with E-state index in [4.69, 9.17) is 4.74 Å². The van der Waals surface area contributed by atoms with E-state index in [1.165, 1.54) is 0 Å². The number of hydrogen-bond donors (Lipinski definition) is 1. The fourth-order valence-corrected chi connectivity index (χ4v) is 3.58. The molecule has 3 atom stereocenters. The van der Waals surface area contributed by atoms with Gasteiger partial charge in [-0.15, -0.1) is 0 Å². The molecule has 108 valence electrons. The van der Waals surface area contributed by atoms with Crippen LogP contribution in [0.5, 0.6) is 5.75 Å². The summed E-state index contributed by atoms with van der Waals surface area (Å²) in [6.07, 6.45) is 0. The van der Waals surface area contributed by atoms with Crippen molar-refractivity contribution in [2.75, 3.05) is 26.7 Å². The Labute approximate surface area is 120 Å². The Kier molecular flexibility index (Phi) is 3.42. The number of carbonyl (C=O) groups excluding carboxylic acids is 1. The van der Waals surface area contributed by atoms with E-state index in [1.54, 1.807) is 7.11 Å². The maximum absolute atomic E-state index is 12.8. The van der Waals surface area contributed by atoms with E-state index in [0.29, 0.717) is 29.2 Å². The normalized spacial score (nSPS) is 28.6. The van der Waals surface area contributed by atoms with Gasteiger partial charge in [0.2, 0.25) is 0 Å². The van der Waals surface area contributed by atoms with Gasteiger partial charge in [-0.25, -0.2) is 0 Å². The van der Waals surface area contributed by atoms with Crippen molar-refractivity contribution in [3.05, 3.63) is 29.3 Å². The Morgan fingerprint density at radius 1 is 1.40 bits per heavy atom. The van der Waals surface area contributed by atoms with Crippen LogP contribution in [-0.2, 0) is 0 Å². The summed E-state index contributed by atoms with van der Waals surface area (Å²) in [5.74, 6) is 1.97. The van der Waals surface area contributed by atoms with Crippen LogP contribution in [0.2, 0.25) is 0 Å². The number of rotatable bonds is 2. The Morgan fingerprint density at radius 3 is 2.90 bits per heavy atom. The molecule has 2 aliphatic rings. The molecule has 3 unspecified atom stereocenters. The molecular formula is C16H22N2O2. The van der Waals surface area contributed by atoms with Gasteiger partial charge < -0.3 is 15.0 Å². The number of hydrogen-bond acceptors (Lipinski definition) is 3. The molecule has 0 bridgehead atoms. The molecule has 4 nitrogen and oxygen atoms in total. The minimum Gasteiger partial charge on any atom is -0.496 e. The van der Waals surface area contributed by atoms with Crippen LogP contribution in [0.15, 0.2) is 18.2 Å². The SMILES string of the molecule is COc1ccc(C)cc1C(=O)N1CC2CNCC2C1C. The zero-order valence-corrected chi connectivity index (χ0v) is 12.3. The second-order valence-electron chi connectivity index (χ2n) is 5.98. The number of aryl methyl sites for hydroxylation is 1. The van der Waals surface area contributed by atoms with Crippen molar-refractivity contribution in [3.63, 3.8) is 0 Å². The van der Waals surface area contributed by atoms with E-state index in [1.807, 2.05) is 30.0 Å². The Balaban J connectivity index is 1.88. The Hall–Kier alpha value is -1.55. The number of ether oxygens (including phenoxy) is 1. The summed E-state index contributed by atoms with van der Waals surface area (Å²) >= 11 is 0. The lowest BCUT2D eigenvalue weighted by Gasteiger charge is -2.25. The van der Waals surface area contributed by atoms with Crippen LogP contribution in [0.1, 0.15) is 22.8 Å². The molecule has 1 amide bonds. The van der Waals surface area contributed by atoms with Gasteiger partial charge in [0, 0.05) is 25.7 Å². The molecule has 1 aromatic carbocycles. The monoisotopic (exact) mass is 274 g/mol. The van der Waals surface area contributed by atoms with Gasteiger partial charge >= 0.3 is 0 Å². The van der Waals surface area contributed by atoms with Crippen LogP contribution >= 0.6 is 0 Å². The summed E-state index contributed by atoms with van der Waals surface area (Å²) < 4.78 is 5.35. The fraction of sp³-hybridized carbons (Fsp3) is 0.562. The number of likely N-dealkylation sites (tertiary alicyclic amines) is 1. The maximum Gasteiger partial charge on any atom is 0.257 e. The van der Waals surface area contributed by atoms with Crippen LogP contribution in [0.3, 0.4) is 0 Å². The lowest BCUT2D eigenvalue weighted by atomic mass is 9.95. The predicted molar refractivity (Wildman–Crippen MR) is 78.1 cm³/mol. The van der Waals surface area contributed by atoms with Crippen LogP contribution in [0.4, 0.5) is 0 Å². The highest BCUT2D eigenvalue weighted by Gasteiger charge is 2.44. The molecule has 2 heterocycles. The maximum atomic E-state index is 12.8. The molecule has 4 heteroatoms. The quantitative estimate of drug-likeness (QED) is 0.892. The molecule has 0 radical (unpaired) electrons. The summed E-state index contributed by atoms with van der Waals surface area (Å²) in [5.41, 5.74) is 1.77. The predicted octanol–water partition coefficient (Wildman–Crippen LogP) is 1.68. The first-order valence-electron chi connectivity index (χ1n) is 7.28. The molecule has 1 N–H and O–H groups in total. The molecule has 2 saturated heterocycles. The molecule has 0 aliphatic carbocycles. The highest BCUT2D eigenvalue weighted by atomic mass is 16.5. The highest BCUT2D eigenvalue weighted by molar-refractivity contribution is 5.97. The van der Waals surface area contributed by atoms with Gasteiger partial charge in [-0.2, -0.15) is 0 Å². The Morgan fingerprint density at radius 2 is 2.20 bits per heavy atom. The van der Waals surface area contributed by atoms with Crippen molar-refractivity contribution in [2.45, 2.75) is 19.9 Å². The zero-order chi connectivity index (χ0) is 14.3. The third-order valence-electron chi connectivity index (χ3n) is 4.78. The third-order valence-corrected chi connectivity index (χ3v) is 4.78. The standard InChI is InChI=1S/C16H22N2O2/c1-10-4-5-15(20-3)13(6-10)16(19)18-9-12-7-17-8-14(12)11(18)2/h4-6,11-12,14,17H,7-9H2,1-3H3. The first-order valence-corrected chi connectivity index (χ1v) is 7.28. The molecule has 0 spiro atoms. The topological polar surface area (TPSA) is 41.6 Å². The Bertz CT molecular complexity index is 529. The van der Waals surface area contributed by atoms with E-state index in [9.17, 15) is 4.79 Å². The van der Waals surface area contributed by atoms with Crippen molar-refractivity contribution in [2.24, 2.45) is 11.8 Å². The van der Waals surface area contributed by atoms with Crippen molar-refractivity contribution in [1.82, 2.24) is 10.2 Å². The third kappa shape index (κ3) is 2.08. The van der Waals surface area contributed by atoms with Crippen LogP contribution < -0.4 is 10.1 Å². The number of methoxy groups -OCH3 is 1. The molecule has 1 aromatic rings. The summed E-state index contributed by atoms with van der Waals surface area (Å²) in [7, 11) is 1.62. The van der Waals surface area contributed by atoms with Gasteiger partial charge in [0.05, 0.1) is 12.7 Å². The van der Waals surface area contributed by atoms with Crippen molar-refractivity contribution in [3.8, 4) is 5.75 Å². The lowest BCUT2D eigenvalue weighted by Crippen LogP contribution is -2.38. The summed E-state index contributed by atoms with van der Waals surface area (Å²) in [6, 6.07) is 6.08. The molecule has 2 fully saturated rings. The summed E-state index contributed by atoms with van der Waals surface area (Å²) in [4.78, 5) is 14.9. The van der Waals surface area contributed by atoms with E-state index in [2.05, 4.69) is 12.2 Å². The number of nitrogens with one attached hydrogen (secondary N) is 1. The van der Waals surface area contributed by atoms with Crippen LogP contribution in [-0.4, -0.2) is 43.6 Å². The number of nitrogens with zero attached hydrogens (tertiary/aromatic N) is 1. The van der Waals surface area contributed by atoms with Gasteiger partial charge in [-0.05, 0) is 37.8 Å². The van der Waals surface area contributed by atoms with Crippen LogP contribution in [0, 0.1) is 18.8 Å². The van der Waals surface area contributed by atoms with Crippen molar-refractivity contribution < 1.29 is 9.53 Å².